The van der Waals surface area contributed by atoms with Gasteiger partial charge in [0.15, 0.2) is 12.1 Å². The van der Waals surface area contributed by atoms with Crippen molar-refractivity contribution in [3.05, 3.63) is 35.9 Å². The van der Waals surface area contributed by atoms with Gasteiger partial charge in [-0.2, -0.15) is 13.2 Å². The van der Waals surface area contributed by atoms with Gasteiger partial charge in [0.2, 0.25) is 5.60 Å². The number of hydrogen-bond donors (Lipinski definition) is 1. The van der Waals surface area contributed by atoms with Crippen LogP contribution in [0.2, 0.25) is 0 Å². The SMILES string of the molecule is CC1(C)O[C@H]2CO[C@H](OCc3ccccc3)[C@](O)(C(F)(F)F)[C@H]2O1. The molecule has 1 aromatic carbocycles. The summed E-state index contributed by atoms with van der Waals surface area (Å²) < 4.78 is 62.1. The number of halogens is 3. The molecule has 5 nitrogen and oxygen atoms in total. The van der Waals surface area contributed by atoms with E-state index in [0.29, 0.717) is 5.56 Å². The van der Waals surface area contributed by atoms with E-state index in [9.17, 15) is 18.3 Å². The fraction of sp³-hybridized carbons (Fsp3) is 0.625. The van der Waals surface area contributed by atoms with Gasteiger partial charge in [-0.1, -0.05) is 30.3 Å². The summed E-state index contributed by atoms with van der Waals surface area (Å²) in [6.45, 7) is 2.68. The lowest BCUT2D eigenvalue weighted by molar-refractivity contribution is -0.390. The normalized spacial score (nSPS) is 35.7. The molecule has 0 saturated carbocycles. The first-order valence-corrected chi connectivity index (χ1v) is 7.55. The molecule has 8 heteroatoms. The number of benzene rings is 1. The number of aliphatic hydroxyl groups is 1. The van der Waals surface area contributed by atoms with E-state index >= 15 is 0 Å². The molecule has 2 heterocycles. The van der Waals surface area contributed by atoms with Crippen molar-refractivity contribution < 1.29 is 37.2 Å². The van der Waals surface area contributed by atoms with E-state index in [1.807, 2.05) is 0 Å². The third-order valence-corrected chi connectivity index (χ3v) is 4.09. The van der Waals surface area contributed by atoms with Crippen LogP contribution < -0.4 is 0 Å². The minimum Gasteiger partial charge on any atom is -0.375 e. The summed E-state index contributed by atoms with van der Waals surface area (Å²) in [7, 11) is 0. The van der Waals surface area contributed by atoms with E-state index in [0.717, 1.165) is 0 Å². The van der Waals surface area contributed by atoms with Crippen molar-refractivity contribution >= 4 is 0 Å². The van der Waals surface area contributed by atoms with Crippen molar-refractivity contribution in [3.63, 3.8) is 0 Å². The van der Waals surface area contributed by atoms with Crippen LogP contribution in [-0.2, 0) is 25.6 Å². The number of rotatable bonds is 3. The largest absolute Gasteiger partial charge is 0.425 e. The molecule has 2 aliphatic rings. The molecule has 1 aromatic rings. The first-order valence-electron chi connectivity index (χ1n) is 7.55. The zero-order valence-electron chi connectivity index (χ0n) is 13.2. The summed E-state index contributed by atoms with van der Waals surface area (Å²) in [5.41, 5.74) is -2.66. The maximum Gasteiger partial charge on any atom is 0.425 e. The van der Waals surface area contributed by atoms with Crippen LogP contribution >= 0.6 is 0 Å². The topological polar surface area (TPSA) is 57.2 Å². The van der Waals surface area contributed by atoms with Gasteiger partial charge in [-0.3, -0.25) is 0 Å². The van der Waals surface area contributed by atoms with Gasteiger partial charge in [0.1, 0.15) is 12.2 Å². The van der Waals surface area contributed by atoms with Crippen molar-refractivity contribution in [2.75, 3.05) is 6.61 Å². The molecule has 0 amide bonds. The Balaban J connectivity index is 1.83. The zero-order valence-corrected chi connectivity index (χ0v) is 13.2. The number of fused-ring (bicyclic) bond motifs is 1. The van der Waals surface area contributed by atoms with Crippen LogP contribution in [0, 0.1) is 0 Å². The smallest absolute Gasteiger partial charge is 0.375 e. The monoisotopic (exact) mass is 348 g/mol. The second-order valence-corrected chi connectivity index (χ2v) is 6.38. The summed E-state index contributed by atoms with van der Waals surface area (Å²) >= 11 is 0. The molecule has 0 aliphatic carbocycles. The Bertz CT molecular complexity index is 577. The Morgan fingerprint density at radius 2 is 1.88 bits per heavy atom. The molecule has 0 radical (unpaired) electrons. The Labute approximate surface area is 137 Å². The van der Waals surface area contributed by atoms with Crippen LogP contribution in [0.4, 0.5) is 13.2 Å². The highest BCUT2D eigenvalue weighted by Crippen LogP contribution is 2.47. The van der Waals surface area contributed by atoms with Gasteiger partial charge in [-0.15, -0.1) is 0 Å². The molecule has 0 bridgehead atoms. The number of ether oxygens (including phenoxy) is 4. The molecule has 134 valence electrons. The molecule has 2 saturated heterocycles. The summed E-state index contributed by atoms with van der Waals surface area (Å²) in [5.74, 6) is -1.24. The molecule has 2 fully saturated rings. The lowest BCUT2D eigenvalue weighted by Crippen LogP contribution is -2.69. The first-order chi connectivity index (χ1) is 11.1. The molecule has 4 atom stereocenters. The van der Waals surface area contributed by atoms with Crippen LogP contribution in [0.5, 0.6) is 0 Å². The quantitative estimate of drug-likeness (QED) is 0.909. The molecule has 0 aromatic heterocycles. The molecular weight excluding hydrogens is 329 g/mol. The molecule has 24 heavy (non-hydrogen) atoms. The third-order valence-electron chi connectivity index (χ3n) is 4.09. The molecule has 2 aliphatic heterocycles. The van der Waals surface area contributed by atoms with Crippen LogP contribution in [0.25, 0.3) is 0 Å². The molecule has 1 N–H and O–H groups in total. The second-order valence-electron chi connectivity index (χ2n) is 6.38. The second kappa shape index (κ2) is 5.96. The van der Waals surface area contributed by atoms with Gasteiger partial charge in [0.05, 0.1) is 13.2 Å². The summed E-state index contributed by atoms with van der Waals surface area (Å²) in [5, 5.41) is 10.5. The Morgan fingerprint density at radius 3 is 2.50 bits per heavy atom. The maximum atomic E-state index is 13.6. The minimum absolute atomic E-state index is 0.133. The Kier molecular flexibility index (Phi) is 4.38. The minimum atomic E-state index is -5.01. The number of alkyl halides is 3. The van der Waals surface area contributed by atoms with Gasteiger partial charge < -0.3 is 24.1 Å². The summed E-state index contributed by atoms with van der Waals surface area (Å²) in [6, 6.07) is 8.67. The summed E-state index contributed by atoms with van der Waals surface area (Å²) in [6.07, 6.45) is -9.57. The Morgan fingerprint density at radius 1 is 1.21 bits per heavy atom. The Hall–Kier alpha value is -1.19. The predicted molar refractivity (Wildman–Crippen MR) is 75.8 cm³/mol. The van der Waals surface area contributed by atoms with Gasteiger partial charge in [0, 0.05) is 0 Å². The van der Waals surface area contributed by atoms with Crippen molar-refractivity contribution in [2.45, 2.75) is 56.5 Å². The standard InChI is InChI=1S/C16H19F3O5/c1-14(2)23-11-9-22-13(21-8-10-6-4-3-5-7-10)15(20,12(11)24-14)16(17,18)19/h3-7,11-13,20H,8-9H2,1-2H3/t11-,12-,13-,15-/m0/s1. The van der Waals surface area contributed by atoms with E-state index in [4.69, 9.17) is 18.9 Å². The molecule has 0 unspecified atom stereocenters. The van der Waals surface area contributed by atoms with E-state index in [-0.39, 0.29) is 13.2 Å². The van der Waals surface area contributed by atoms with Crippen molar-refractivity contribution in [2.24, 2.45) is 0 Å². The van der Waals surface area contributed by atoms with Gasteiger partial charge >= 0.3 is 6.18 Å². The van der Waals surface area contributed by atoms with Crippen LogP contribution in [0.1, 0.15) is 19.4 Å². The first kappa shape index (κ1) is 17.6. The highest BCUT2D eigenvalue weighted by atomic mass is 19.4. The van der Waals surface area contributed by atoms with E-state index in [1.165, 1.54) is 13.8 Å². The highest BCUT2D eigenvalue weighted by Gasteiger charge is 2.72. The fourth-order valence-corrected chi connectivity index (χ4v) is 2.99. The highest BCUT2D eigenvalue weighted by molar-refractivity contribution is 5.14. The fourth-order valence-electron chi connectivity index (χ4n) is 2.99. The van der Waals surface area contributed by atoms with Gasteiger partial charge in [-0.25, -0.2) is 0 Å². The zero-order chi connectivity index (χ0) is 17.6. The van der Waals surface area contributed by atoms with E-state index < -0.39 is 36.1 Å². The predicted octanol–water partition coefficient (Wildman–Crippen LogP) is 2.37. The average molecular weight is 348 g/mol. The molecule has 0 spiro atoms. The maximum absolute atomic E-state index is 13.6. The van der Waals surface area contributed by atoms with Crippen molar-refractivity contribution in [1.29, 1.82) is 0 Å². The molecule has 3 rings (SSSR count). The van der Waals surface area contributed by atoms with Crippen LogP contribution in [0.3, 0.4) is 0 Å². The van der Waals surface area contributed by atoms with Crippen molar-refractivity contribution in [3.8, 4) is 0 Å². The molecular formula is C16H19F3O5. The average Bonchev–Trinajstić information content (AvgIpc) is 2.82. The van der Waals surface area contributed by atoms with Crippen LogP contribution in [0.15, 0.2) is 30.3 Å². The van der Waals surface area contributed by atoms with Crippen molar-refractivity contribution in [1.82, 2.24) is 0 Å². The lowest BCUT2D eigenvalue weighted by atomic mass is 9.89. The van der Waals surface area contributed by atoms with Gasteiger partial charge in [-0.05, 0) is 19.4 Å². The van der Waals surface area contributed by atoms with E-state index in [2.05, 4.69) is 0 Å². The summed E-state index contributed by atoms with van der Waals surface area (Å²) in [4.78, 5) is 0. The third kappa shape index (κ3) is 3.04. The van der Waals surface area contributed by atoms with Crippen LogP contribution in [-0.4, -0.2) is 47.8 Å². The number of hydrogen-bond acceptors (Lipinski definition) is 5. The van der Waals surface area contributed by atoms with Gasteiger partial charge in [0.25, 0.3) is 0 Å². The lowest BCUT2D eigenvalue weighted by Gasteiger charge is -2.44. The van der Waals surface area contributed by atoms with E-state index in [1.54, 1.807) is 30.3 Å².